The van der Waals surface area contributed by atoms with E-state index in [4.69, 9.17) is 0 Å². The molecule has 0 saturated heterocycles. The number of carbonyl (C=O) groups excluding carboxylic acids is 1. The molecule has 1 aromatic rings. The van der Waals surface area contributed by atoms with E-state index in [-0.39, 0.29) is 12.1 Å². The largest absolute Gasteiger partial charge is 0.416 e. The number of halogens is 3. The summed E-state index contributed by atoms with van der Waals surface area (Å²) < 4.78 is 37.6. The quantitative estimate of drug-likeness (QED) is 0.620. The van der Waals surface area contributed by atoms with Crippen LogP contribution < -0.4 is 5.01 Å². The first-order valence-corrected chi connectivity index (χ1v) is 5.43. The van der Waals surface area contributed by atoms with Gasteiger partial charge in [0, 0.05) is 11.8 Å². The van der Waals surface area contributed by atoms with E-state index in [1.54, 1.807) is 6.92 Å². The van der Waals surface area contributed by atoms with Crippen molar-refractivity contribution in [1.29, 1.82) is 0 Å². The van der Waals surface area contributed by atoms with E-state index in [0.717, 1.165) is 11.1 Å². The highest BCUT2D eigenvalue weighted by atomic mass is 19.4. The van der Waals surface area contributed by atoms with Crippen LogP contribution in [0.5, 0.6) is 0 Å². The van der Waals surface area contributed by atoms with E-state index in [1.807, 2.05) is 0 Å². The third-order valence-electron chi connectivity index (χ3n) is 2.64. The molecule has 1 aliphatic rings. The number of hydrogen-bond acceptors (Lipinski definition) is 4. The number of hydrazone groups is 1. The van der Waals surface area contributed by atoms with E-state index in [1.165, 1.54) is 0 Å². The maximum absolute atomic E-state index is 12.5. The average molecular weight is 287 g/mol. The lowest BCUT2D eigenvalue weighted by atomic mass is 10.1. The number of benzene rings is 1. The zero-order valence-corrected chi connectivity index (χ0v) is 10.1. The topological polar surface area (TPSA) is 75.8 Å². The van der Waals surface area contributed by atoms with Gasteiger partial charge in [-0.05, 0) is 19.1 Å². The summed E-state index contributed by atoms with van der Waals surface area (Å²) in [7, 11) is 0. The van der Waals surface area contributed by atoms with Gasteiger partial charge in [0.15, 0.2) is 0 Å². The normalized spacial score (nSPS) is 15.5. The zero-order chi connectivity index (χ0) is 15.1. The van der Waals surface area contributed by atoms with Crippen LogP contribution in [-0.4, -0.2) is 16.5 Å². The average Bonchev–Trinajstić information content (AvgIpc) is 2.66. The Kier molecular flexibility index (Phi) is 3.20. The molecule has 0 aromatic heterocycles. The van der Waals surface area contributed by atoms with Crippen LogP contribution in [0.25, 0.3) is 0 Å². The highest BCUT2D eigenvalue weighted by molar-refractivity contribution is 6.12. The number of anilines is 1. The first kappa shape index (κ1) is 14.0. The van der Waals surface area contributed by atoms with Crippen LogP contribution in [0, 0.1) is 10.1 Å². The number of amides is 1. The van der Waals surface area contributed by atoms with Crippen molar-refractivity contribution in [3.8, 4) is 0 Å². The molecule has 1 aliphatic heterocycles. The summed E-state index contributed by atoms with van der Waals surface area (Å²) in [5.41, 5.74) is -1.80. The first-order chi connectivity index (χ1) is 9.20. The predicted octanol–water partition coefficient (Wildman–Crippen LogP) is 2.73. The van der Waals surface area contributed by atoms with Gasteiger partial charge in [-0.15, -0.1) is 0 Å². The molecule has 1 heterocycles. The van der Waals surface area contributed by atoms with Crippen molar-refractivity contribution in [3.05, 3.63) is 33.9 Å². The zero-order valence-electron chi connectivity index (χ0n) is 10.1. The summed E-state index contributed by atoms with van der Waals surface area (Å²) in [6.07, 6.45) is -4.71. The minimum Gasteiger partial charge on any atom is -0.272 e. The third-order valence-corrected chi connectivity index (χ3v) is 2.64. The number of carbonyl (C=O) groups is 1. The molecule has 6 nitrogen and oxygen atoms in total. The van der Waals surface area contributed by atoms with Gasteiger partial charge < -0.3 is 0 Å². The van der Waals surface area contributed by atoms with Gasteiger partial charge in [-0.3, -0.25) is 14.9 Å². The van der Waals surface area contributed by atoms with E-state index in [9.17, 15) is 28.1 Å². The number of rotatable bonds is 2. The van der Waals surface area contributed by atoms with Gasteiger partial charge >= 0.3 is 6.18 Å². The third kappa shape index (κ3) is 2.46. The Morgan fingerprint density at radius 2 is 2.05 bits per heavy atom. The molecule has 2 rings (SSSR count). The Hall–Kier alpha value is -2.45. The lowest BCUT2D eigenvalue weighted by molar-refractivity contribution is -0.384. The fraction of sp³-hybridized carbons (Fsp3) is 0.273. The van der Waals surface area contributed by atoms with Crippen molar-refractivity contribution in [1.82, 2.24) is 0 Å². The molecule has 0 radical (unpaired) electrons. The molecule has 1 amide bonds. The van der Waals surface area contributed by atoms with Crippen molar-refractivity contribution in [2.45, 2.75) is 19.5 Å². The molecule has 0 spiro atoms. The van der Waals surface area contributed by atoms with Crippen LogP contribution in [-0.2, 0) is 11.0 Å². The molecular formula is C11H8F3N3O3. The second-order valence-electron chi connectivity index (χ2n) is 4.18. The van der Waals surface area contributed by atoms with Crippen molar-refractivity contribution in [3.63, 3.8) is 0 Å². The monoisotopic (exact) mass is 287 g/mol. The molecule has 0 N–H and O–H groups in total. The minimum absolute atomic E-state index is 0.0157. The van der Waals surface area contributed by atoms with Crippen LogP contribution in [0.15, 0.2) is 23.3 Å². The van der Waals surface area contributed by atoms with E-state index < -0.39 is 28.3 Å². The summed E-state index contributed by atoms with van der Waals surface area (Å²) in [4.78, 5) is 21.5. The molecule has 0 saturated carbocycles. The molecular weight excluding hydrogens is 279 g/mol. The van der Waals surface area contributed by atoms with Gasteiger partial charge in [0.2, 0.25) is 0 Å². The van der Waals surface area contributed by atoms with Crippen LogP contribution in [0.3, 0.4) is 0 Å². The first-order valence-electron chi connectivity index (χ1n) is 5.43. The Bertz CT molecular complexity index is 625. The van der Waals surface area contributed by atoms with Crippen molar-refractivity contribution < 1.29 is 22.9 Å². The van der Waals surface area contributed by atoms with Gasteiger partial charge in [0.05, 0.1) is 16.9 Å². The summed E-state index contributed by atoms with van der Waals surface area (Å²) in [5, 5.41) is 15.4. The predicted molar refractivity (Wildman–Crippen MR) is 63.3 cm³/mol. The molecule has 20 heavy (non-hydrogen) atoms. The van der Waals surface area contributed by atoms with Crippen LogP contribution in [0.1, 0.15) is 18.9 Å². The van der Waals surface area contributed by atoms with E-state index in [0.29, 0.717) is 17.8 Å². The summed E-state index contributed by atoms with van der Waals surface area (Å²) in [6, 6.07) is 1.95. The standard InChI is InChI=1S/C11H8F3N3O3/c1-6-4-10(18)16(15-6)8-3-2-7(11(12,13)14)5-9(8)17(19)20/h2-3,5H,4H2,1H3. The van der Waals surface area contributed by atoms with Crippen molar-refractivity contribution in [2.24, 2.45) is 5.10 Å². The molecule has 0 fully saturated rings. The molecule has 0 unspecified atom stereocenters. The van der Waals surface area contributed by atoms with Gasteiger partial charge in [0.1, 0.15) is 5.69 Å². The SMILES string of the molecule is CC1=NN(c2ccc(C(F)(F)F)cc2[N+](=O)[O-])C(=O)C1. The number of alkyl halides is 3. The van der Waals surface area contributed by atoms with Crippen molar-refractivity contribution in [2.75, 3.05) is 5.01 Å². The maximum atomic E-state index is 12.5. The highest BCUT2D eigenvalue weighted by Gasteiger charge is 2.35. The van der Waals surface area contributed by atoms with Gasteiger partial charge in [-0.2, -0.15) is 23.3 Å². The van der Waals surface area contributed by atoms with Gasteiger partial charge in [-0.25, -0.2) is 0 Å². The number of nitro benzene ring substituents is 1. The number of nitrogens with zero attached hydrogens (tertiary/aromatic N) is 3. The summed E-state index contributed by atoms with van der Waals surface area (Å²) in [6.45, 7) is 1.55. The fourth-order valence-electron chi connectivity index (χ4n) is 1.77. The number of hydrogen-bond donors (Lipinski definition) is 0. The molecule has 1 aromatic carbocycles. The summed E-state index contributed by atoms with van der Waals surface area (Å²) in [5.74, 6) is -0.523. The summed E-state index contributed by atoms with van der Waals surface area (Å²) >= 11 is 0. The Balaban J connectivity index is 2.55. The fourth-order valence-corrected chi connectivity index (χ4v) is 1.77. The van der Waals surface area contributed by atoms with E-state index in [2.05, 4.69) is 5.10 Å². The molecule has 9 heteroatoms. The van der Waals surface area contributed by atoms with Crippen LogP contribution >= 0.6 is 0 Å². The lowest BCUT2D eigenvalue weighted by Gasteiger charge is -2.13. The van der Waals surface area contributed by atoms with Gasteiger partial charge in [0.25, 0.3) is 11.6 Å². The molecule has 106 valence electrons. The second kappa shape index (κ2) is 4.58. The Morgan fingerprint density at radius 1 is 1.40 bits per heavy atom. The van der Waals surface area contributed by atoms with Crippen LogP contribution in [0.2, 0.25) is 0 Å². The highest BCUT2D eigenvalue weighted by Crippen LogP contribution is 2.37. The Labute approximate surface area is 110 Å². The van der Waals surface area contributed by atoms with Crippen molar-refractivity contribution >= 4 is 23.0 Å². The number of nitro groups is 1. The molecule has 0 bridgehead atoms. The molecule has 0 aliphatic carbocycles. The van der Waals surface area contributed by atoms with E-state index >= 15 is 0 Å². The van der Waals surface area contributed by atoms with Crippen LogP contribution in [0.4, 0.5) is 24.5 Å². The lowest BCUT2D eigenvalue weighted by Crippen LogP contribution is -2.21. The smallest absolute Gasteiger partial charge is 0.272 e. The molecule has 0 atom stereocenters. The minimum atomic E-state index is -4.70. The second-order valence-corrected chi connectivity index (χ2v) is 4.18. The maximum Gasteiger partial charge on any atom is 0.416 e. The Morgan fingerprint density at radius 3 is 2.50 bits per heavy atom. The van der Waals surface area contributed by atoms with Gasteiger partial charge in [-0.1, -0.05) is 0 Å².